The van der Waals surface area contributed by atoms with Crippen molar-refractivity contribution in [1.29, 1.82) is 0 Å². The summed E-state index contributed by atoms with van der Waals surface area (Å²) < 4.78 is 13.0. The van der Waals surface area contributed by atoms with Gasteiger partial charge in [0.1, 0.15) is 22.7 Å². The third kappa shape index (κ3) is 4.74. The molecule has 1 aliphatic carbocycles. The maximum Gasteiger partial charge on any atom is 0.160 e. The summed E-state index contributed by atoms with van der Waals surface area (Å²) in [6.45, 7) is 0. The number of rotatable bonds is 4. The lowest BCUT2D eigenvalue weighted by Gasteiger charge is -2.39. The Hall–Kier alpha value is -7.56. The highest BCUT2D eigenvalue weighted by Crippen LogP contribution is 2.62. The van der Waals surface area contributed by atoms with Gasteiger partial charge in [0.2, 0.25) is 0 Å². The Kier molecular flexibility index (Phi) is 6.81. The fourth-order valence-electron chi connectivity index (χ4n) is 9.22. The maximum atomic E-state index is 6.78. The molecule has 0 bridgehead atoms. The van der Waals surface area contributed by atoms with Crippen molar-refractivity contribution in [3.63, 3.8) is 0 Å². The molecule has 3 heterocycles. The summed E-state index contributed by atoms with van der Waals surface area (Å²) in [7, 11) is 0. The van der Waals surface area contributed by atoms with Crippen LogP contribution in [-0.4, -0.2) is 9.97 Å². The molecule has 266 valence electrons. The summed E-state index contributed by atoms with van der Waals surface area (Å²) in [4.78, 5) is 10.2. The largest absolute Gasteiger partial charge is 0.457 e. The monoisotopic (exact) mass is 728 g/mol. The molecule has 0 saturated carbocycles. The molecule has 0 unspecified atom stereocenters. The summed E-state index contributed by atoms with van der Waals surface area (Å²) in [6, 6.07) is 68.3. The average Bonchev–Trinajstić information content (AvgIpc) is 3.80. The van der Waals surface area contributed by atoms with Gasteiger partial charge >= 0.3 is 0 Å². The molecule has 12 rings (SSSR count). The highest BCUT2D eigenvalue weighted by molar-refractivity contribution is 6.05. The second kappa shape index (κ2) is 12.2. The maximum absolute atomic E-state index is 6.78. The molecule has 0 radical (unpaired) electrons. The number of hydrogen-bond donors (Lipinski definition) is 0. The summed E-state index contributed by atoms with van der Waals surface area (Å²) in [5, 5.41) is 2.18. The van der Waals surface area contributed by atoms with E-state index in [0.717, 1.165) is 78.2 Å². The molecule has 0 N–H and O–H groups in total. The van der Waals surface area contributed by atoms with Gasteiger partial charge in [-0.25, -0.2) is 9.97 Å². The molecule has 1 aliphatic heterocycles. The van der Waals surface area contributed by atoms with Crippen LogP contribution < -0.4 is 4.74 Å². The predicted molar refractivity (Wildman–Crippen MR) is 228 cm³/mol. The Balaban J connectivity index is 0.953. The topological polar surface area (TPSA) is 48.2 Å². The van der Waals surface area contributed by atoms with Crippen LogP contribution in [0.15, 0.2) is 199 Å². The molecule has 57 heavy (non-hydrogen) atoms. The molecule has 4 nitrogen and oxygen atoms in total. The lowest BCUT2D eigenvalue weighted by molar-refractivity contribution is 0.436. The Morgan fingerprint density at radius 3 is 1.68 bits per heavy atom. The number of nitrogens with zero attached hydrogens (tertiary/aromatic N) is 2. The van der Waals surface area contributed by atoms with Crippen molar-refractivity contribution in [3.8, 4) is 67.7 Å². The molecule has 0 amide bonds. The van der Waals surface area contributed by atoms with Crippen LogP contribution in [0.4, 0.5) is 0 Å². The van der Waals surface area contributed by atoms with Gasteiger partial charge in [-0.2, -0.15) is 0 Å². The molecule has 2 aliphatic rings. The molecular weight excluding hydrogens is 697 g/mol. The van der Waals surface area contributed by atoms with Crippen LogP contribution in [0.25, 0.3) is 78.1 Å². The summed E-state index contributed by atoms with van der Waals surface area (Å²) in [5.74, 6) is 2.40. The first kappa shape index (κ1) is 31.8. The molecule has 2 aromatic heterocycles. The minimum absolute atomic E-state index is 0.476. The first-order valence-electron chi connectivity index (χ1n) is 19.3. The number of aromatic nitrogens is 2. The third-order valence-corrected chi connectivity index (χ3v) is 11.8. The molecule has 8 aromatic carbocycles. The molecule has 0 fully saturated rings. The van der Waals surface area contributed by atoms with Crippen molar-refractivity contribution in [2.45, 2.75) is 5.41 Å². The molecule has 10 aromatic rings. The van der Waals surface area contributed by atoms with E-state index in [1.54, 1.807) is 0 Å². The smallest absolute Gasteiger partial charge is 0.160 e. The van der Waals surface area contributed by atoms with Crippen LogP contribution in [0.3, 0.4) is 0 Å². The van der Waals surface area contributed by atoms with Gasteiger partial charge in [-0.3, -0.25) is 0 Å². The van der Waals surface area contributed by atoms with Crippen LogP contribution in [0, 0.1) is 0 Å². The Morgan fingerprint density at radius 2 is 0.912 bits per heavy atom. The third-order valence-electron chi connectivity index (χ3n) is 11.8. The van der Waals surface area contributed by atoms with E-state index in [0.29, 0.717) is 5.82 Å². The zero-order valence-corrected chi connectivity index (χ0v) is 30.7. The Morgan fingerprint density at radius 1 is 0.351 bits per heavy atom. The first-order valence-corrected chi connectivity index (χ1v) is 19.3. The second-order valence-electron chi connectivity index (χ2n) is 14.9. The van der Waals surface area contributed by atoms with Gasteiger partial charge in [-0.1, -0.05) is 158 Å². The fraction of sp³-hybridized carbons (Fsp3) is 0.0189. The number of ether oxygens (including phenoxy) is 1. The van der Waals surface area contributed by atoms with Crippen molar-refractivity contribution >= 4 is 21.9 Å². The van der Waals surface area contributed by atoms with Gasteiger partial charge in [-0.15, -0.1) is 0 Å². The normalized spacial score (nSPS) is 13.2. The molecule has 1 spiro atoms. The minimum Gasteiger partial charge on any atom is -0.457 e. The number of furan rings is 1. The standard InChI is InChI=1S/C53H32N2O2/c1-2-12-34(13-3-1)46-32-47(55-52(54-46)37-26-28-41-40-16-6-10-20-48(40)56-50(41)31-37)35-24-22-33(23-25-35)36-27-29-45-51(30-36)57-49-21-11-9-19-44(49)53(45)42-17-7-4-14-38(42)39-15-5-8-18-43(39)53/h1-32H. The van der Waals surface area contributed by atoms with E-state index >= 15 is 0 Å². The van der Waals surface area contributed by atoms with Gasteiger partial charge in [-0.05, 0) is 69.8 Å². The van der Waals surface area contributed by atoms with Gasteiger partial charge in [0.15, 0.2) is 5.82 Å². The van der Waals surface area contributed by atoms with Gasteiger partial charge < -0.3 is 9.15 Å². The highest BCUT2D eigenvalue weighted by atomic mass is 16.5. The molecule has 4 heteroatoms. The molecular formula is C53H32N2O2. The molecule has 0 saturated heterocycles. The second-order valence-corrected chi connectivity index (χ2v) is 14.9. The minimum atomic E-state index is -0.476. The highest BCUT2D eigenvalue weighted by Gasteiger charge is 2.50. The van der Waals surface area contributed by atoms with E-state index in [4.69, 9.17) is 19.1 Å². The van der Waals surface area contributed by atoms with Crippen LogP contribution in [-0.2, 0) is 5.41 Å². The zero-order chi connectivity index (χ0) is 37.5. The van der Waals surface area contributed by atoms with E-state index < -0.39 is 5.41 Å². The zero-order valence-electron chi connectivity index (χ0n) is 30.7. The van der Waals surface area contributed by atoms with Crippen molar-refractivity contribution in [1.82, 2.24) is 9.97 Å². The van der Waals surface area contributed by atoms with E-state index in [1.165, 1.54) is 27.8 Å². The average molecular weight is 729 g/mol. The summed E-state index contributed by atoms with van der Waals surface area (Å²) >= 11 is 0. The number of para-hydroxylation sites is 2. The van der Waals surface area contributed by atoms with Crippen LogP contribution in [0.2, 0.25) is 0 Å². The lowest BCUT2D eigenvalue weighted by Crippen LogP contribution is -2.32. The summed E-state index contributed by atoms with van der Waals surface area (Å²) in [5.41, 5.74) is 15.5. The van der Waals surface area contributed by atoms with Crippen molar-refractivity contribution in [2.75, 3.05) is 0 Å². The van der Waals surface area contributed by atoms with E-state index in [1.807, 2.05) is 36.4 Å². The lowest BCUT2D eigenvalue weighted by atomic mass is 9.66. The van der Waals surface area contributed by atoms with Gasteiger partial charge in [0, 0.05) is 38.6 Å². The number of benzene rings is 8. The van der Waals surface area contributed by atoms with Crippen molar-refractivity contribution < 1.29 is 9.15 Å². The predicted octanol–water partition coefficient (Wildman–Crippen LogP) is 13.5. The van der Waals surface area contributed by atoms with E-state index in [-0.39, 0.29) is 0 Å². The first-order chi connectivity index (χ1) is 28.2. The number of hydrogen-bond acceptors (Lipinski definition) is 4. The van der Waals surface area contributed by atoms with Crippen LogP contribution >= 0.6 is 0 Å². The van der Waals surface area contributed by atoms with Crippen LogP contribution in [0.1, 0.15) is 22.3 Å². The van der Waals surface area contributed by atoms with Gasteiger partial charge in [0.05, 0.1) is 16.8 Å². The van der Waals surface area contributed by atoms with Crippen molar-refractivity contribution in [2.24, 2.45) is 0 Å². The van der Waals surface area contributed by atoms with Crippen molar-refractivity contribution in [3.05, 3.63) is 216 Å². The van der Waals surface area contributed by atoms with Crippen LogP contribution in [0.5, 0.6) is 11.5 Å². The fourth-order valence-corrected chi connectivity index (χ4v) is 9.22. The summed E-state index contributed by atoms with van der Waals surface area (Å²) in [6.07, 6.45) is 0. The van der Waals surface area contributed by atoms with E-state index in [2.05, 4.69) is 158 Å². The Bertz CT molecular complexity index is 3170. The van der Waals surface area contributed by atoms with E-state index in [9.17, 15) is 0 Å². The SMILES string of the molecule is c1ccc(-c2cc(-c3ccc(-c4ccc5c(c4)Oc4ccccc4C54c5ccccc5-c5ccccc54)cc3)nc(-c3ccc4c(c3)oc3ccccc34)n2)cc1. The Labute approximate surface area is 329 Å². The molecule has 0 atom stereocenters. The quantitative estimate of drug-likeness (QED) is 0.181. The van der Waals surface area contributed by atoms with Gasteiger partial charge in [0.25, 0.3) is 0 Å². The number of fused-ring (bicyclic) bond motifs is 12.